The second-order valence-electron chi connectivity index (χ2n) is 5.83. The summed E-state index contributed by atoms with van der Waals surface area (Å²) in [4.78, 5) is 14.5. The molecule has 0 aliphatic rings. The minimum Gasteiger partial charge on any atom is -0.496 e. The number of aryl methyl sites for hydroxylation is 1. The van der Waals surface area contributed by atoms with Gasteiger partial charge in [0.15, 0.2) is 5.96 Å². The van der Waals surface area contributed by atoms with E-state index in [9.17, 15) is 10.1 Å². The molecule has 0 aliphatic carbocycles. The summed E-state index contributed by atoms with van der Waals surface area (Å²) in [7, 11) is 3.38. The minimum absolute atomic E-state index is 0.0878. The van der Waals surface area contributed by atoms with Gasteiger partial charge < -0.3 is 15.4 Å². The molecule has 26 heavy (non-hydrogen) atoms. The highest BCUT2D eigenvalue weighted by Gasteiger charge is 2.05. The number of ether oxygens (including phenoxy) is 1. The molecule has 2 aromatic carbocycles. The van der Waals surface area contributed by atoms with E-state index < -0.39 is 4.92 Å². The summed E-state index contributed by atoms with van der Waals surface area (Å²) < 4.78 is 5.35. The standard InChI is InChI=1S/C19H24N4O3/c1-14-4-5-15(12-18(14)26-3)10-11-21-19(20-2)22-13-16-6-8-17(9-7-16)23(24)25/h4-9,12H,10-11,13H2,1-3H3,(H2,20,21,22). The van der Waals surface area contributed by atoms with E-state index in [1.165, 1.54) is 17.7 Å². The van der Waals surface area contributed by atoms with E-state index in [1.54, 1.807) is 26.3 Å². The Balaban J connectivity index is 1.81. The number of guanidine groups is 1. The number of aliphatic imine (C=N–C) groups is 1. The van der Waals surface area contributed by atoms with Crippen molar-refractivity contribution >= 4 is 11.6 Å². The molecule has 2 rings (SSSR count). The quantitative estimate of drug-likeness (QED) is 0.345. The van der Waals surface area contributed by atoms with Gasteiger partial charge in [-0.05, 0) is 36.1 Å². The zero-order valence-corrected chi connectivity index (χ0v) is 15.3. The maximum atomic E-state index is 10.7. The number of methoxy groups -OCH3 is 1. The molecule has 2 aromatic rings. The van der Waals surface area contributed by atoms with Crippen LogP contribution in [0.25, 0.3) is 0 Å². The highest BCUT2D eigenvalue weighted by Crippen LogP contribution is 2.19. The van der Waals surface area contributed by atoms with Gasteiger partial charge in [0.05, 0.1) is 12.0 Å². The number of benzene rings is 2. The van der Waals surface area contributed by atoms with Crippen molar-refractivity contribution in [1.82, 2.24) is 10.6 Å². The smallest absolute Gasteiger partial charge is 0.269 e. The van der Waals surface area contributed by atoms with Crippen LogP contribution in [0, 0.1) is 17.0 Å². The molecule has 0 bridgehead atoms. The summed E-state index contributed by atoms with van der Waals surface area (Å²) in [6, 6.07) is 12.6. The van der Waals surface area contributed by atoms with Crippen LogP contribution < -0.4 is 15.4 Å². The molecule has 7 heteroatoms. The van der Waals surface area contributed by atoms with Gasteiger partial charge in [-0.15, -0.1) is 0 Å². The third-order valence-corrected chi connectivity index (χ3v) is 4.01. The van der Waals surface area contributed by atoms with Crippen LogP contribution in [0.1, 0.15) is 16.7 Å². The Morgan fingerprint density at radius 2 is 1.85 bits per heavy atom. The number of hydrogen-bond donors (Lipinski definition) is 2. The van der Waals surface area contributed by atoms with Crippen LogP contribution in [0.2, 0.25) is 0 Å². The van der Waals surface area contributed by atoms with E-state index in [4.69, 9.17) is 4.74 Å². The molecular weight excluding hydrogens is 332 g/mol. The van der Waals surface area contributed by atoms with E-state index in [0.29, 0.717) is 12.5 Å². The molecule has 0 atom stereocenters. The van der Waals surface area contributed by atoms with E-state index in [-0.39, 0.29) is 5.69 Å². The summed E-state index contributed by atoms with van der Waals surface area (Å²) in [5.74, 6) is 1.57. The maximum Gasteiger partial charge on any atom is 0.269 e. The number of nitrogens with zero attached hydrogens (tertiary/aromatic N) is 2. The largest absolute Gasteiger partial charge is 0.496 e. The predicted octanol–water partition coefficient (Wildman–Crippen LogP) is 2.82. The molecule has 0 radical (unpaired) electrons. The fourth-order valence-electron chi connectivity index (χ4n) is 2.49. The number of rotatable bonds is 7. The first-order valence-electron chi connectivity index (χ1n) is 8.35. The molecule has 138 valence electrons. The molecule has 0 spiro atoms. The van der Waals surface area contributed by atoms with E-state index in [1.807, 2.05) is 13.0 Å². The lowest BCUT2D eigenvalue weighted by Gasteiger charge is -2.12. The predicted molar refractivity (Wildman–Crippen MR) is 103 cm³/mol. The van der Waals surface area contributed by atoms with Gasteiger partial charge in [0.25, 0.3) is 5.69 Å². The molecule has 0 amide bonds. The third-order valence-electron chi connectivity index (χ3n) is 4.01. The van der Waals surface area contributed by atoms with Crippen LogP contribution in [0.4, 0.5) is 5.69 Å². The Morgan fingerprint density at radius 3 is 2.46 bits per heavy atom. The lowest BCUT2D eigenvalue weighted by Crippen LogP contribution is -2.37. The maximum absolute atomic E-state index is 10.7. The normalized spacial score (nSPS) is 11.1. The number of non-ortho nitro benzene ring substituents is 1. The van der Waals surface area contributed by atoms with E-state index in [0.717, 1.165) is 29.8 Å². The molecule has 0 aliphatic heterocycles. The zero-order chi connectivity index (χ0) is 18.9. The molecule has 2 N–H and O–H groups in total. The van der Waals surface area contributed by atoms with Crippen molar-refractivity contribution in [3.05, 3.63) is 69.3 Å². The van der Waals surface area contributed by atoms with Crippen molar-refractivity contribution < 1.29 is 9.66 Å². The van der Waals surface area contributed by atoms with Crippen molar-refractivity contribution in [3.8, 4) is 5.75 Å². The van der Waals surface area contributed by atoms with Crippen LogP contribution in [-0.4, -0.2) is 31.6 Å². The minimum atomic E-state index is -0.405. The Labute approximate surface area is 153 Å². The van der Waals surface area contributed by atoms with Crippen molar-refractivity contribution in [3.63, 3.8) is 0 Å². The third kappa shape index (κ3) is 5.47. The van der Waals surface area contributed by atoms with Gasteiger partial charge in [0.1, 0.15) is 5.75 Å². The Kier molecular flexibility index (Phi) is 6.96. The van der Waals surface area contributed by atoms with Crippen molar-refractivity contribution in [2.45, 2.75) is 19.9 Å². The fraction of sp³-hybridized carbons (Fsp3) is 0.316. The average Bonchev–Trinajstić information content (AvgIpc) is 2.66. The molecule has 0 aromatic heterocycles. The molecule has 0 saturated heterocycles. The molecule has 7 nitrogen and oxygen atoms in total. The summed E-state index contributed by atoms with van der Waals surface area (Å²) in [6.07, 6.45) is 0.842. The Hall–Kier alpha value is -3.09. The van der Waals surface area contributed by atoms with Gasteiger partial charge in [-0.2, -0.15) is 0 Å². The highest BCUT2D eigenvalue weighted by molar-refractivity contribution is 5.79. The van der Waals surface area contributed by atoms with Crippen LogP contribution in [0.3, 0.4) is 0 Å². The van der Waals surface area contributed by atoms with Gasteiger partial charge in [0.2, 0.25) is 0 Å². The average molecular weight is 356 g/mol. The van der Waals surface area contributed by atoms with Gasteiger partial charge in [-0.25, -0.2) is 0 Å². The van der Waals surface area contributed by atoms with Crippen molar-refractivity contribution in [1.29, 1.82) is 0 Å². The molecule has 0 saturated carbocycles. The van der Waals surface area contributed by atoms with Crippen LogP contribution in [-0.2, 0) is 13.0 Å². The first-order valence-corrected chi connectivity index (χ1v) is 8.35. The second kappa shape index (κ2) is 9.41. The molecular formula is C19H24N4O3. The molecule has 0 unspecified atom stereocenters. The number of nitro groups is 1. The van der Waals surface area contributed by atoms with Crippen LogP contribution >= 0.6 is 0 Å². The lowest BCUT2D eigenvalue weighted by atomic mass is 10.1. The number of nitrogens with one attached hydrogen (secondary N) is 2. The molecule has 0 fully saturated rings. The summed E-state index contributed by atoms with van der Waals surface area (Å²) >= 11 is 0. The fourth-order valence-corrected chi connectivity index (χ4v) is 2.49. The summed E-state index contributed by atoms with van der Waals surface area (Å²) in [5.41, 5.74) is 3.34. The first-order chi connectivity index (χ1) is 12.5. The Morgan fingerprint density at radius 1 is 1.15 bits per heavy atom. The lowest BCUT2D eigenvalue weighted by molar-refractivity contribution is -0.384. The van der Waals surface area contributed by atoms with Gasteiger partial charge in [0, 0.05) is 32.3 Å². The van der Waals surface area contributed by atoms with Crippen molar-refractivity contribution in [2.75, 3.05) is 20.7 Å². The molecule has 0 heterocycles. The van der Waals surface area contributed by atoms with Gasteiger partial charge in [-0.3, -0.25) is 15.1 Å². The zero-order valence-electron chi connectivity index (χ0n) is 15.3. The van der Waals surface area contributed by atoms with E-state index in [2.05, 4.69) is 27.8 Å². The van der Waals surface area contributed by atoms with Crippen molar-refractivity contribution in [2.24, 2.45) is 4.99 Å². The summed E-state index contributed by atoms with van der Waals surface area (Å²) in [6.45, 7) is 3.28. The topological polar surface area (TPSA) is 88.8 Å². The Bertz CT molecular complexity index is 773. The first kappa shape index (κ1) is 19.2. The number of hydrogen-bond acceptors (Lipinski definition) is 4. The summed E-state index contributed by atoms with van der Waals surface area (Å²) in [5, 5.41) is 17.1. The number of nitro benzene ring substituents is 1. The van der Waals surface area contributed by atoms with Gasteiger partial charge in [-0.1, -0.05) is 24.3 Å². The monoisotopic (exact) mass is 356 g/mol. The second-order valence-corrected chi connectivity index (χ2v) is 5.83. The van der Waals surface area contributed by atoms with Crippen LogP contribution in [0.5, 0.6) is 5.75 Å². The SMILES string of the molecule is CN=C(NCCc1ccc(C)c(OC)c1)NCc1ccc([N+](=O)[O-])cc1. The highest BCUT2D eigenvalue weighted by atomic mass is 16.6. The van der Waals surface area contributed by atoms with Crippen LogP contribution in [0.15, 0.2) is 47.5 Å². The van der Waals surface area contributed by atoms with Gasteiger partial charge >= 0.3 is 0 Å². The van der Waals surface area contributed by atoms with E-state index >= 15 is 0 Å².